The maximum absolute atomic E-state index is 11.7. The largest absolute Gasteiger partial charge is 0.465 e. The zero-order valence-electron chi connectivity index (χ0n) is 8.86. The van der Waals surface area contributed by atoms with E-state index in [1.54, 1.807) is 38.1 Å². The van der Waals surface area contributed by atoms with E-state index >= 15 is 0 Å². The molecule has 1 atom stereocenters. The highest BCUT2D eigenvalue weighted by atomic mass is 16.5. The van der Waals surface area contributed by atoms with Gasteiger partial charge in [-0.1, -0.05) is 30.3 Å². The van der Waals surface area contributed by atoms with Gasteiger partial charge in [0.1, 0.15) is 0 Å². The summed E-state index contributed by atoms with van der Waals surface area (Å²) in [4.78, 5) is 11.7. The van der Waals surface area contributed by atoms with Crippen molar-refractivity contribution in [3.8, 4) is 6.07 Å². The topological polar surface area (TPSA) is 50.1 Å². The van der Waals surface area contributed by atoms with Gasteiger partial charge in [-0.3, -0.25) is 0 Å². The van der Waals surface area contributed by atoms with Crippen LogP contribution in [-0.2, 0) is 14.9 Å². The molecule has 3 heteroatoms. The number of rotatable bonds is 3. The van der Waals surface area contributed by atoms with Crippen LogP contribution in [0.2, 0.25) is 0 Å². The fraction of sp³-hybridized carbons (Fsp3) is 0.333. The Balaban J connectivity index is 3.07. The third-order valence-corrected chi connectivity index (χ3v) is 2.26. The van der Waals surface area contributed by atoms with Crippen molar-refractivity contribution in [3.63, 3.8) is 0 Å². The Kier molecular flexibility index (Phi) is 3.46. The molecule has 3 nitrogen and oxygen atoms in total. The summed E-state index contributed by atoms with van der Waals surface area (Å²) in [5, 5.41) is 9.08. The molecule has 1 aromatic rings. The lowest BCUT2D eigenvalue weighted by Gasteiger charge is -2.19. The molecule has 0 aliphatic rings. The molecular formula is C12H13NO2. The van der Waals surface area contributed by atoms with E-state index in [1.807, 2.05) is 12.1 Å². The molecule has 0 bridgehead atoms. The molecular weight excluding hydrogens is 190 g/mol. The minimum absolute atomic E-state index is 0.281. The first-order valence-corrected chi connectivity index (χ1v) is 4.79. The van der Waals surface area contributed by atoms with Crippen molar-refractivity contribution < 1.29 is 9.53 Å². The van der Waals surface area contributed by atoms with Crippen molar-refractivity contribution in [2.75, 3.05) is 6.61 Å². The molecule has 0 radical (unpaired) electrons. The van der Waals surface area contributed by atoms with Crippen molar-refractivity contribution in [2.24, 2.45) is 0 Å². The molecule has 1 aromatic carbocycles. The van der Waals surface area contributed by atoms with Crippen LogP contribution in [0.3, 0.4) is 0 Å². The molecule has 0 N–H and O–H groups in total. The van der Waals surface area contributed by atoms with Crippen LogP contribution >= 0.6 is 0 Å². The summed E-state index contributed by atoms with van der Waals surface area (Å²) in [6, 6.07) is 10.9. The first-order valence-electron chi connectivity index (χ1n) is 4.79. The summed E-state index contributed by atoms with van der Waals surface area (Å²) < 4.78 is 4.89. The average Bonchev–Trinajstić information content (AvgIpc) is 2.29. The maximum Gasteiger partial charge on any atom is 0.330 e. The van der Waals surface area contributed by atoms with Crippen molar-refractivity contribution in [3.05, 3.63) is 35.9 Å². The monoisotopic (exact) mass is 203 g/mol. The van der Waals surface area contributed by atoms with Gasteiger partial charge in [-0.2, -0.15) is 5.26 Å². The third kappa shape index (κ3) is 2.16. The summed E-state index contributed by atoms with van der Waals surface area (Å²) in [7, 11) is 0. The number of carbonyl (C=O) groups is 1. The van der Waals surface area contributed by atoms with Crippen LogP contribution in [0.15, 0.2) is 30.3 Å². The summed E-state index contributed by atoms with van der Waals surface area (Å²) >= 11 is 0. The molecule has 1 unspecified atom stereocenters. The fourth-order valence-electron chi connectivity index (χ4n) is 1.27. The van der Waals surface area contributed by atoms with Gasteiger partial charge in [-0.15, -0.1) is 0 Å². The van der Waals surface area contributed by atoms with E-state index < -0.39 is 11.4 Å². The number of nitrogens with zero attached hydrogens (tertiary/aromatic N) is 1. The van der Waals surface area contributed by atoms with E-state index in [-0.39, 0.29) is 6.61 Å². The summed E-state index contributed by atoms with van der Waals surface area (Å²) in [5.41, 5.74) is -0.553. The number of carbonyl (C=O) groups excluding carboxylic acids is 1. The first-order chi connectivity index (χ1) is 7.15. The van der Waals surface area contributed by atoms with Crippen molar-refractivity contribution in [1.29, 1.82) is 5.26 Å². The second kappa shape index (κ2) is 4.61. The van der Waals surface area contributed by atoms with Gasteiger partial charge in [0.05, 0.1) is 12.7 Å². The molecule has 0 fully saturated rings. The van der Waals surface area contributed by atoms with Crippen LogP contribution in [-0.4, -0.2) is 12.6 Å². The highest BCUT2D eigenvalue weighted by molar-refractivity contribution is 5.86. The Hall–Kier alpha value is -1.82. The Morgan fingerprint density at radius 3 is 2.53 bits per heavy atom. The normalized spacial score (nSPS) is 13.7. The van der Waals surface area contributed by atoms with E-state index in [1.165, 1.54) is 0 Å². The van der Waals surface area contributed by atoms with Crippen LogP contribution < -0.4 is 0 Å². The molecule has 0 amide bonds. The zero-order valence-corrected chi connectivity index (χ0v) is 8.86. The van der Waals surface area contributed by atoms with Crippen LogP contribution in [0.5, 0.6) is 0 Å². The summed E-state index contributed by atoms with van der Waals surface area (Å²) in [5.74, 6) is -0.501. The van der Waals surface area contributed by atoms with E-state index in [4.69, 9.17) is 10.00 Å². The lowest BCUT2D eigenvalue weighted by molar-refractivity contribution is -0.147. The smallest absolute Gasteiger partial charge is 0.330 e. The van der Waals surface area contributed by atoms with Gasteiger partial charge in [0.15, 0.2) is 5.41 Å². The average molecular weight is 203 g/mol. The second-order valence-electron chi connectivity index (χ2n) is 3.32. The Morgan fingerprint density at radius 2 is 2.07 bits per heavy atom. The molecule has 0 saturated heterocycles. The molecule has 0 aliphatic heterocycles. The molecule has 0 saturated carbocycles. The number of benzene rings is 1. The molecule has 1 rings (SSSR count). The van der Waals surface area contributed by atoms with Crippen molar-refractivity contribution in [1.82, 2.24) is 0 Å². The standard InChI is InChI=1S/C12H13NO2/c1-3-15-11(14)12(2,9-13)10-7-5-4-6-8-10/h4-8H,3H2,1-2H3. The minimum Gasteiger partial charge on any atom is -0.465 e. The van der Waals surface area contributed by atoms with Gasteiger partial charge in [0, 0.05) is 0 Å². The van der Waals surface area contributed by atoms with E-state index in [9.17, 15) is 4.79 Å². The lowest BCUT2D eigenvalue weighted by atomic mass is 9.84. The molecule has 0 spiro atoms. The number of esters is 1. The molecule has 15 heavy (non-hydrogen) atoms. The van der Waals surface area contributed by atoms with Gasteiger partial charge in [0.25, 0.3) is 0 Å². The zero-order chi connectivity index (χ0) is 11.3. The van der Waals surface area contributed by atoms with Gasteiger partial charge < -0.3 is 4.74 Å². The predicted molar refractivity (Wildman–Crippen MR) is 56.0 cm³/mol. The summed E-state index contributed by atoms with van der Waals surface area (Å²) in [6.45, 7) is 3.57. The highest BCUT2D eigenvalue weighted by Crippen LogP contribution is 2.24. The number of nitriles is 1. The second-order valence-corrected chi connectivity index (χ2v) is 3.32. The SMILES string of the molecule is CCOC(=O)C(C)(C#N)c1ccccc1. The van der Waals surface area contributed by atoms with Gasteiger partial charge in [-0.05, 0) is 19.4 Å². The van der Waals surface area contributed by atoms with Crippen LogP contribution in [0.25, 0.3) is 0 Å². The Morgan fingerprint density at radius 1 is 1.47 bits per heavy atom. The highest BCUT2D eigenvalue weighted by Gasteiger charge is 2.36. The Labute approximate surface area is 89.3 Å². The van der Waals surface area contributed by atoms with Crippen LogP contribution in [0.1, 0.15) is 19.4 Å². The van der Waals surface area contributed by atoms with E-state index in [2.05, 4.69) is 0 Å². The van der Waals surface area contributed by atoms with Crippen molar-refractivity contribution in [2.45, 2.75) is 19.3 Å². The van der Waals surface area contributed by atoms with Crippen LogP contribution in [0.4, 0.5) is 0 Å². The van der Waals surface area contributed by atoms with Gasteiger partial charge in [0.2, 0.25) is 0 Å². The quantitative estimate of drug-likeness (QED) is 0.706. The molecule has 78 valence electrons. The minimum atomic E-state index is -1.21. The number of hydrogen-bond acceptors (Lipinski definition) is 3. The Bertz CT molecular complexity index is 380. The first kappa shape index (κ1) is 11.3. The molecule has 0 aliphatic carbocycles. The van der Waals surface area contributed by atoms with E-state index in [0.29, 0.717) is 5.56 Å². The van der Waals surface area contributed by atoms with Gasteiger partial charge in [-0.25, -0.2) is 4.79 Å². The van der Waals surface area contributed by atoms with E-state index in [0.717, 1.165) is 0 Å². The van der Waals surface area contributed by atoms with Crippen molar-refractivity contribution >= 4 is 5.97 Å². The number of ether oxygens (including phenoxy) is 1. The molecule has 0 aromatic heterocycles. The maximum atomic E-state index is 11.7. The van der Waals surface area contributed by atoms with Crippen LogP contribution in [0, 0.1) is 11.3 Å². The third-order valence-electron chi connectivity index (χ3n) is 2.26. The predicted octanol–water partition coefficient (Wildman–Crippen LogP) is 2.03. The lowest BCUT2D eigenvalue weighted by Crippen LogP contribution is -2.32. The van der Waals surface area contributed by atoms with Gasteiger partial charge >= 0.3 is 5.97 Å². The number of hydrogen-bond donors (Lipinski definition) is 0. The summed E-state index contributed by atoms with van der Waals surface area (Å²) in [6.07, 6.45) is 0. The fourth-order valence-corrected chi connectivity index (χ4v) is 1.27. The molecule has 0 heterocycles.